The van der Waals surface area contributed by atoms with E-state index in [0.717, 1.165) is 0 Å². The Morgan fingerprint density at radius 2 is 1.68 bits per heavy atom. The van der Waals surface area contributed by atoms with E-state index < -0.39 is 17.9 Å². The standard InChI is InChI=1S/C17H16O5/c1-11(16(18)19)12-6-8-14(9-7-12)22-10-13-4-2-3-5-15(13)17(20)21/h2-9,11H,10H2,1H3,(H,18,19)(H,20,21). The van der Waals surface area contributed by atoms with Gasteiger partial charge in [-0.3, -0.25) is 4.79 Å². The van der Waals surface area contributed by atoms with Gasteiger partial charge in [0.25, 0.3) is 0 Å². The van der Waals surface area contributed by atoms with Gasteiger partial charge in [-0.1, -0.05) is 30.3 Å². The van der Waals surface area contributed by atoms with Crippen LogP contribution in [-0.2, 0) is 11.4 Å². The highest BCUT2D eigenvalue weighted by Gasteiger charge is 2.13. The maximum absolute atomic E-state index is 11.1. The fourth-order valence-electron chi connectivity index (χ4n) is 2.01. The van der Waals surface area contributed by atoms with Gasteiger partial charge in [0.05, 0.1) is 11.5 Å². The molecule has 1 unspecified atom stereocenters. The Bertz CT molecular complexity index is 676. The summed E-state index contributed by atoms with van der Waals surface area (Å²) in [5.41, 5.74) is 1.47. The van der Waals surface area contributed by atoms with Crippen molar-refractivity contribution in [3.8, 4) is 5.75 Å². The molecule has 0 saturated heterocycles. The Kier molecular flexibility index (Phi) is 4.78. The molecule has 0 radical (unpaired) electrons. The van der Waals surface area contributed by atoms with Gasteiger partial charge in [0.1, 0.15) is 12.4 Å². The summed E-state index contributed by atoms with van der Waals surface area (Å²) in [6.45, 7) is 1.75. The zero-order chi connectivity index (χ0) is 16.1. The first-order valence-electron chi connectivity index (χ1n) is 6.76. The lowest BCUT2D eigenvalue weighted by atomic mass is 10.0. The molecule has 22 heavy (non-hydrogen) atoms. The Morgan fingerprint density at radius 3 is 2.27 bits per heavy atom. The van der Waals surface area contributed by atoms with Crippen LogP contribution in [0.25, 0.3) is 0 Å². The van der Waals surface area contributed by atoms with E-state index in [1.807, 2.05) is 0 Å². The topological polar surface area (TPSA) is 83.8 Å². The van der Waals surface area contributed by atoms with Crippen LogP contribution < -0.4 is 4.74 Å². The van der Waals surface area contributed by atoms with Crippen molar-refractivity contribution in [3.05, 3.63) is 65.2 Å². The molecule has 5 heteroatoms. The Hall–Kier alpha value is -2.82. The number of benzene rings is 2. The van der Waals surface area contributed by atoms with Crippen LogP contribution in [0.15, 0.2) is 48.5 Å². The molecule has 2 N–H and O–H groups in total. The van der Waals surface area contributed by atoms with E-state index in [-0.39, 0.29) is 12.2 Å². The maximum atomic E-state index is 11.1. The van der Waals surface area contributed by atoms with E-state index in [2.05, 4.69) is 0 Å². The van der Waals surface area contributed by atoms with Crippen molar-refractivity contribution in [2.75, 3.05) is 0 Å². The molecular formula is C17H16O5. The molecule has 2 rings (SSSR count). The minimum atomic E-state index is -0.996. The molecule has 0 aliphatic carbocycles. The SMILES string of the molecule is CC(C(=O)O)c1ccc(OCc2ccccc2C(=O)O)cc1. The van der Waals surface area contributed by atoms with Gasteiger partial charge in [0.2, 0.25) is 0 Å². The molecule has 0 aliphatic heterocycles. The summed E-state index contributed by atoms with van der Waals surface area (Å²) >= 11 is 0. The quantitative estimate of drug-likeness (QED) is 0.856. The molecular weight excluding hydrogens is 284 g/mol. The predicted octanol–water partition coefficient (Wildman–Crippen LogP) is 3.15. The van der Waals surface area contributed by atoms with E-state index in [9.17, 15) is 9.59 Å². The van der Waals surface area contributed by atoms with E-state index in [4.69, 9.17) is 14.9 Å². The number of aromatic carboxylic acids is 1. The summed E-state index contributed by atoms with van der Waals surface area (Å²) < 4.78 is 5.57. The molecule has 2 aromatic carbocycles. The van der Waals surface area contributed by atoms with E-state index in [1.165, 1.54) is 6.07 Å². The molecule has 0 amide bonds. The molecule has 5 nitrogen and oxygen atoms in total. The summed E-state index contributed by atoms with van der Waals surface area (Å²) in [5.74, 6) is -1.91. The van der Waals surface area contributed by atoms with Crippen molar-refractivity contribution in [1.29, 1.82) is 0 Å². The van der Waals surface area contributed by atoms with Crippen LogP contribution >= 0.6 is 0 Å². The lowest BCUT2D eigenvalue weighted by Crippen LogP contribution is -2.07. The second-order valence-corrected chi connectivity index (χ2v) is 4.88. The van der Waals surface area contributed by atoms with Crippen molar-refractivity contribution in [3.63, 3.8) is 0 Å². The summed E-state index contributed by atoms with van der Waals surface area (Å²) in [5, 5.41) is 18.1. The van der Waals surface area contributed by atoms with Gasteiger partial charge in [-0.2, -0.15) is 0 Å². The van der Waals surface area contributed by atoms with Gasteiger partial charge in [0, 0.05) is 5.56 Å². The minimum Gasteiger partial charge on any atom is -0.489 e. The van der Waals surface area contributed by atoms with Crippen LogP contribution in [0.3, 0.4) is 0 Å². The van der Waals surface area contributed by atoms with E-state index in [1.54, 1.807) is 49.4 Å². The van der Waals surface area contributed by atoms with Gasteiger partial charge in [0.15, 0.2) is 0 Å². The highest BCUT2D eigenvalue weighted by molar-refractivity contribution is 5.89. The highest BCUT2D eigenvalue weighted by atomic mass is 16.5. The summed E-state index contributed by atoms with van der Waals surface area (Å²) in [6, 6.07) is 13.4. The second kappa shape index (κ2) is 6.76. The maximum Gasteiger partial charge on any atom is 0.336 e. The van der Waals surface area contributed by atoms with Gasteiger partial charge >= 0.3 is 11.9 Å². The summed E-state index contributed by atoms with van der Waals surface area (Å²) in [6.07, 6.45) is 0. The number of hydrogen-bond donors (Lipinski definition) is 2. The van der Waals surface area contributed by atoms with Gasteiger partial charge in [-0.05, 0) is 30.7 Å². The van der Waals surface area contributed by atoms with Gasteiger partial charge < -0.3 is 14.9 Å². The molecule has 2 aromatic rings. The lowest BCUT2D eigenvalue weighted by Gasteiger charge is -2.10. The molecule has 0 fully saturated rings. The molecule has 0 bridgehead atoms. The van der Waals surface area contributed by atoms with Crippen molar-refractivity contribution < 1.29 is 24.5 Å². The number of carboxylic acid groups (broad SMARTS) is 2. The fourth-order valence-corrected chi connectivity index (χ4v) is 2.01. The average molecular weight is 300 g/mol. The lowest BCUT2D eigenvalue weighted by molar-refractivity contribution is -0.138. The molecule has 114 valence electrons. The van der Waals surface area contributed by atoms with Crippen LogP contribution in [-0.4, -0.2) is 22.2 Å². The van der Waals surface area contributed by atoms with Crippen LogP contribution in [0, 0.1) is 0 Å². The largest absolute Gasteiger partial charge is 0.489 e. The first-order valence-corrected chi connectivity index (χ1v) is 6.76. The molecule has 1 atom stereocenters. The van der Waals surface area contributed by atoms with Crippen molar-refractivity contribution in [2.45, 2.75) is 19.4 Å². The monoisotopic (exact) mass is 300 g/mol. The Balaban J connectivity index is 2.07. The number of carbonyl (C=O) groups is 2. The van der Waals surface area contributed by atoms with Crippen molar-refractivity contribution >= 4 is 11.9 Å². The predicted molar refractivity (Wildman–Crippen MR) is 80.2 cm³/mol. The molecule has 0 saturated carbocycles. The Labute approximate surface area is 127 Å². The number of aliphatic carboxylic acids is 1. The van der Waals surface area contributed by atoms with Gasteiger partial charge in [-0.15, -0.1) is 0 Å². The third-order valence-corrected chi connectivity index (χ3v) is 3.39. The van der Waals surface area contributed by atoms with Crippen LogP contribution in [0.2, 0.25) is 0 Å². The average Bonchev–Trinajstić information content (AvgIpc) is 2.52. The summed E-state index contributed by atoms with van der Waals surface area (Å²) in [4.78, 5) is 22.0. The van der Waals surface area contributed by atoms with Crippen LogP contribution in [0.5, 0.6) is 5.75 Å². The van der Waals surface area contributed by atoms with Crippen LogP contribution in [0.1, 0.15) is 34.3 Å². The normalized spacial score (nSPS) is 11.7. The first kappa shape index (κ1) is 15.6. The first-order chi connectivity index (χ1) is 10.5. The van der Waals surface area contributed by atoms with E-state index in [0.29, 0.717) is 16.9 Å². The summed E-state index contributed by atoms with van der Waals surface area (Å²) in [7, 11) is 0. The number of carboxylic acids is 2. The zero-order valence-electron chi connectivity index (χ0n) is 12.0. The minimum absolute atomic E-state index is 0.135. The second-order valence-electron chi connectivity index (χ2n) is 4.88. The molecule has 0 heterocycles. The fraction of sp³-hybridized carbons (Fsp3) is 0.176. The number of ether oxygens (including phenoxy) is 1. The van der Waals surface area contributed by atoms with Crippen molar-refractivity contribution in [1.82, 2.24) is 0 Å². The number of hydrogen-bond acceptors (Lipinski definition) is 3. The van der Waals surface area contributed by atoms with Crippen molar-refractivity contribution in [2.24, 2.45) is 0 Å². The van der Waals surface area contributed by atoms with E-state index >= 15 is 0 Å². The van der Waals surface area contributed by atoms with Crippen LogP contribution in [0.4, 0.5) is 0 Å². The Morgan fingerprint density at radius 1 is 1.05 bits per heavy atom. The molecule has 0 aromatic heterocycles. The molecule has 0 spiro atoms. The zero-order valence-corrected chi connectivity index (χ0v) is 12.0. The van der Waals surface area contributed by atoms with Gasteiger partial charge in [-0.25, -0.2) is 4.79 Å². The molecule has 0 aliphatic rings. The third kappa shape index (κ3) is 3.63. The number of rotatable bonds is 6. The third-order valence-electron chi connectivity index (χ3n) is 3.39. The smallest absolute Gasteiger partial charge is 0.336 e. The highest BCUT2D eigenvalue weighted by Crippen LogP contribution is 2.20.